The van der Waals surface area contributed by atoms with Crippen molar-refractivity contribution in [3.63, 3.8) is 0 Å². The highest BCUT2D eigenvalue weighted by Gasteiger charge is 2.18. The maximum absolute atomic E-state index is 6.00. The topological polar surface area (TPSA) is 40.5 Å². The van der Waals surface area contributed by atoms with Crippen molar-refractivity contribution in [2.45, 2.75) is 13.0 Å². The molecule has 1 aromatic carbocycles. The van der Waals surface area contributed by atoms with Crippen LogP contribution in [0.1, 0.15) is 11.1 Å². The zero-order chi connectivity index (χ0) is 17.1. The molecule has 0 saturated heterocycles. The molecule has 0 saturated carbocycles. The standard InChI is InChI=1S/C17H17Cl3N4/c1-24(16-8-12-2-3-15(20)22-17(12)23-16)5-4-21-10-11-6-13(18)9-14(19)7-11/h2-3,6-7,9,21H,4-5,8,10H2,1H3. The highest BCUT2D eigenvalue weighted by molar-refractivity contribution is 6.34. The van der Waals surface area contributed by atoms with Crippen LogP contribution in [0.4, 0.5) is 5.82 Å². The Hall–Kier alpha value is -1.33. The van der Waals surface area contributed by atoms with E-state index >= 15 is 0 Å². The minimum atomic E-state index is 0.475. The molecule has 0 aliphatic carbocycles. The summed E-state index contributed by atoms with van der Waals surface area (Å²) >= 11 is 17.9. The molecular weight excluding hydrogens is 367 g/mol. The van der Waals surface area contributed by atoms with Crippen molar-refractivity contribution < 1.29 is 0 Å². The van der Waals surface area contributed by atoms with Crippen molar-refractivity contribution in [1.29, 1.82) is 0 Å². The number of aliphatic imine (C=N–C) groups is 1. The molecule has 0 unspecified atom stereocenters. The van der Waals surface area contributed by atoms with Crippen molar-refractivity contribution in [2.75, 3.05) is 20.1 Å². The van der Waals surface area contributed by atoms with E-state index in [0.717, 1.165) is 48.8 Å². The van der Waals surface area contributed by atoms with E-state index in [0.29, 0.717) is 15.2 Å². The minimum Gasteiger partial charge on any atom is -0.361 e. The largest absolute Gasteiger partial charge is 0.361 e. The fourth-order valence-corrected chi connectivity index (χ4v) is 3.28. The number of fused-ring (bicyclic) bond motifs is 1. The van der Waals surface area contributed by atoms with Gasteiger partial charge in [0.25, 0.3) is 0 Å². The van der Waals surface area contributed by atoms with Crippen LogP contribution in [0, 0.1) is 0 Å². The number of nitrogens with zero attached hydrogens (tertiary/aromatic N) is 3. The Morgan fingerprint density at radius 1 is 1.12 bits per heavy atom. The van der Waals surface area contributed by atoms with Gasteiger partial charge in [-0.05, 0) is 29.8 Å². The summed E-state index contributed by atoms with van der Waals surface area (Å²) in [6, 6.07) is 9.35. The summed E-state index contributed by atoms with van der Waals surface area (Å²) in [6.45, 7) is 2.39. The van der Waals surface area contributed by atoms with Gasteiger partial charge in [0.2, 0.25) is 0 Å². The van der Waals surface area contributed by atoms with Gasteiger partial charge in [-0.25, -0.2) is 9.98 Å². The Bertz CT molecular complexity index is 756. The SMILES string of the molecule is CN(CCNCc1cc(Cl)cc(Cl)c1)C1=Nc2nc(Cl)ccc2C1. The lowest BCUT2D eigenvalue weighted by Gasteiger charge is -2.19. The highest BCUT2D eigenvalue weighted by Crippen LogP contribution is 2.26. The Morgan fingerprint density at radius 2 is 1.88 bits per heavy atom. The number of likely N-dealkylation sites (N-methyl/N-ethyl adjacent to an activating group) is 1. The lowest BCUT2D eigenvalue weighted by molar-refractivity contribution is 0.477. The second-order valence-corrected chi connectivity index (χ2v) is 6.96. The molecule has 2 heterocycles. The Morgan fingerprint density at radius 3 is 2.62 bits per heavy atom. The van der Waals surface area contributed by atoms with Gasteiger partial charge in [-0.1, -0.05) is 40.9 Å². The quantitative estimate of drug-likeness (QED) is 0.616. The number of hydrogen-bond acceptors (Lipinski definition) is 4. The highest BCUT2D eigenvalue weighted by atomic mass is 35.5. The van der Waals surface area contributed by atoms with E-state index in [1.807, 2.05) is 25.2 Å². The third-order valence-electron chi connectivity index (χ3n) is 3.82. The van der Waals surface area contributed by atoms with Gasteiger partial charge in [0, 0.05) is 48.7 Å². The lowest BCUT2D eigenvalue weighted by Crippen LogP contribution is -2.33. The maximum atomic E-state index is 6.00. The number of hydrogen-bond donors (Lipinski definition) is 1. The van der Waals surface area contributed by atoms with Gasteiger partial charge in [0.15, 0.2) is 5.82 Å². The van der Waals surface area contributed by atoms with Crippen molar-refractivity contribution in [3.05, 3.63) is 56.7 Å². The summed E-state index contributed by atoms with van der Waals surface area (Å²) < 4.78 is 0. The van der Waals surface area contributed by atoms with E-state index in [9.17, 15) is 0 Å². The molecule has 126 valence electrons. The second-order valence-electron chi connectivity index (χ2n) is 5.70. The zero-order valence-corrected chi connectivity index (χ0v) is 15.5. The number of pyridine rings is 1. The van der Waals surface area contributed by atoms with E-state index < -0.39 is 0 Å². The third kappa shape index (κ3) is 4.39. The lowest BCUT2D eigenvalue weighted by atomic mass is 10.2. The van der Waals surface area contributed by atoms with E-state index in [1.54, 1.807) is 12.1 Å². The van der Waals surface area contributed by atoms with Crippen LogP contribution < -0.4 is 5.32 Å². The zero-order valence-electron chi connectivity index (χ0n) is 13.2. The maximum Gasteiger partial charge on any atom is 0.159 e. The number of amidine groups is 1. The molecule has 0 radical (unpaired) electrons. The molecule has 0 fully saturated rings. The molecule has 1 aromatic heterocycles. The monoisotopic (exact) mass is 382 g/mol. The first-order chi connectivity index (χ1) is 11.5. The molecular formula is C17H17Cl3N4. The number of benzene rings is 1. The van der Waals surface area contributed by atoms with Crippen LogP contribution in [0.2, 0.25) is 15.2 Å². The van der Waals surface area contributed by atoms with E-state index in [1.165, 1.54) is 0 Å². The molecule has 0 atom stereocenters. The van der Waals surface area contributed by atoms with E-state index in [2.05, 4.69) is 20.2 Å². The van der Waals surface area contributed by atoms with Gasteiger partial charge in [0.05, 0.1) is 0 Å². The smallest absolute Gasteiger partial charge is 0.159 e. The molecule has 2 aromatic rings. The molecule has 0 spiro atoms. The van der Waals surface area contributed by atoms with Gasteiger partial charge < -0.3 is 10.2 Å². The van der Waals surface area contributed by atoms with Crippen LogP contribution in [-0.4, -0.2) is 35.9 Å². The van der Waals surface area contributed by atoms with Crippen LogP contribution >= 0.6 is 34.8 Å². The first-order valence-corrected chi connectivity index (χ1v) is 8.74. The second kappa shape index (κ2) is 7.70. The molecule has 0 bridgehead atoms. The first-order valence-electron chi connectivity index (χ1n) is 7.61. The van der Waals surface area contributed by atoms with E-state index in [4.69, 9.17) is 34.8 Å². The molecule has 4 nitrogen and oxygen atoms in total. The van der Waals surface area contributed by atoms with E-state index in [-0.39, 0.29) is 0 Å². The first kappa shape index (κ1) is 17.5. The number of rotatable bonds is 5. The average Bonchev–Trinajstić information content (AvgIpc) is 2.93. The molecule has 0 amide bonds. The van der Waals surface area contributed by atoms with Gasteiger partial charge in [-0.3, -0.25) is 0 Å². The normalized spacial score (nSPS) is 12.9. The third-order valence-corrected chi connectivity index (χ3v) is 4.47. The fraction of sp³-hybridized carbons (Fsp3) is 0.294. The fourth-order valence-electron chi connectivity index (χ4n) is 2.56. The molecule has 1 aliphatic heterocycles. The summed E-state index contributed by atoms with van der Waals surface area (Å²) in [5, 5.41) is 5.17. The molecule has 24 heavy (non-hydrogen) atoms. The summed E-state index contributed by atoms with van der Waals surface area (Å²) in [4.78, 5) is 10.9. The van der Waals surface area contributed by atoms with Crippen molar-refractivity contribution >= 4 is 46.5 Å². The number of halogens is 3. The van der Waals surface area contributed by atoms with Gasteiger partial charge in [-0.2, -0.15) is 0 Å². The predicted octanol–water partition coefficient (Wildman–Crippen LogP) is 4.35. The number of nitrogens with one attached hydrogen (secondary N) is 1. The van der Waals surface area contributed by atoms with Crippen molar-refractivity contribution in [2.24, 2.45) is 4.99 Å². The van der Waals surface area contributed by atoms with Crippen LogP contribution in [0.3, 0.4) is 0 Å². The van der Waals surface area contributed by atoms with Gasteiger partial charge in [0.1, 0.15) is 11.0 Å². The van der Waals surface area contributed by atoms with Crippen LogP contribution in [0.25, 0.3) is 0 Å². The van der Waals surface area contributed by atoms with Crippen molar-refractivity contribution in [3.8, 4) is 0 Å². The molecule has 1 aliphatic rings. The Balaban J connectivity index is 1.48. The van der Waals surface area contributed by atoms with Crippen molar-refractivity contribution in [1.82, 2.24) is 15.2 Å². The minimum absolute atomic E-state index is 0.475. The number of aromatic nitrogens is 1. The molecule has 1 N–H and O–H groups in total. The van der Waals surface area contributed by atoms with Gasteiger partial charge >= 0.3 is 0 Å². The van der Waals surface area contributed by atoms with Gasteiger partial charge in [-0.15, -0.1) is 0 Å². The predicted molar refractivity (Wildman–Crippen MR) is 101 cm³/mol. The average molecular weight is 384 g/mol. The summed E-state index contributed by atoms with van der Waals surface area (Å²) in [6.07, 6.45) is 0.792. The molecule has 3 rings (SSSR count). The summed E-state index contributed by atoms with van der Waals surface area (Å²) in [5.74, 6) is 1.73. The van der Waals surface area contributed by atoms with Crippen LogP contribution in [-0.2, 0) is 13.0 Å². The summed E-state index contributed by atoms with van der Waals surface area (Å²) in [7, 11) is 2.03. The van der Waals surface area contributed by atoms with Crippen LogP contribution in [0.5, 0.6) is 0 Å². The Labute approximate surface area is 156 Å². The molecule has 7 heteroatoms. The Kier molecular flexibility index (Phi) is 5.61. The van der Waals surface area contributed by atoms with Crippen LogP contribution in [0.15, 0.2) is 35.3 Å². The summed E-state index contributed by atoms with van der Waals surface area (Å²) in [5.41, 5.74) is 2.18.